The molecule has 0 aliphatic carbocycles. The number of rotatable bonds is 9. The van der Waals surface area contributed by atoms with Gasteiger partial charge in [0.05, 0.1) is 22.1 Å². The molecule has 0 rings (SSSR count). The fourth-order valence-corrected chi connectivity index (χ4v) is 6.81. The monoisotopic (exact) mass is 306 g/mol. The van der Waals surface area contributed by atoms with Crippen molar-refractivity contribution in [2.45, 2.75) is 27.7 Å². The average Bonchev–Trinajstić information content (AvgIpc) is 2.09. The van der Waals surface area contributed by atoms with Gasteiger partial charge in [0.25, 0.3) is 0 Å². The van der Waals surface area contributed by atoms with Gasteiger partial charge in [-0.3, -0.25) is 9.13 Å². The molecule has 0 saturated carbocycles. The Morgan fingerprint density at radius 1 is 1.12 bits per heavy atom. The van der Waals surface area contributed by atoms with Crippen LogP contribution >= 0.6 is 38.2 Å². The first-order valence-corrected chi connectivity index (χ1v) is 10.0. The van der Waals surface area contributed by atoms with E-state index in [1.54, 1.807) is 0 Å². The molecule has 0 N–H and O–H groups in total. The van der Waals surface area contributed by atoms with Crippen LogP contribution in [0.3, 0.4) is 0 Å². The highest BCUT2D eigenvalue weighted by Crippen LogP contribution is 2.55. The molecular formula is C8H20O4P2S2. The summed E-state index contributed by atoms with van der Waals surface area (Å²) in [6.07, 6.45) is 1.14. The third-order valence-corrected chi connectivity index (χ3v) is 7.57. The molecular weight excluding hydrogens is 286 g/mol. The second-order valence-electron chi connectivity index (χ2n) is 4.37. The standard InChI is InChI=1S/C8H20O4P2S2/c1-7(2)5-14(10,6-8(3)4)12-16-15-11-13-9/h7-8H,5-6,13H2,1-4H3. The first-order valence-electron chi connectivity index (χ1n) is 5.09. The molecule has 4 nitrogen and oxygen atoms in total. The third-order valence-electron chi connectivity index (χ3n) is 1.56. The molecule has 8 heteroatoms. The topological polar surface area (TPSA) is 52.6 Å². The van der Waals surface area contributed by atoms with E-state index in [2.05, 4.69) is 3.97 Å². The van der Waals surface area contributed by atoms with Crippen LogP contribution in [0.2, 0.25) is 0 Å². The van der Waals surface area contributed by atoms with Gasteiger partial charge in [-0.2, -0.15) is 0 Å². The zero-order valence-electron chi connectivity index (χ0n) is 10.0. The Bertz CT molecular complexity index is 234. The molecule has 0 spiro atoms. The Balaban J connectivity index is 4.19. The Morgan fingerprint density at radius 2 is 1.62 bits per heavy atom. The lowest BCUT2D eigenvalue weighted by atomic mass is 10.3. The van der Waals surface area contributed by atoms with E-state index in [0.717, 1.165) is 22.1 Å². The summed E-state index contributed by atoms with van der Waals surface area (Å²) in [6, 6.07) is 0. The second kappa shape index (κ2) is 9.07. The molecule has 0 aromatic heterocycles. The molecule has 0 aliphatic rings. The Morgan fingerprint density at radius 3 is 2.00 bits per heavy atom. The molecule has 1 atom stereocenters. The summed E-state index contributed by atoms with van der Waals surface area (Å²) in [6.45, 7) is 8.08. The van der Waals surface area contributed by atoms with Crippen LogP contribution in [0.4, 0.5) is 0 Å². The van der Waals surface area contributed by atoms with E-state index >= 15 is 0 Å². The van der Waals surface area contributed by atoms with E-state index in [-0.39, 0.29) is 0 Å². The van der Waals surface area contributed by atoms with Crippen LogP contribution in [0.1, 0.15) is 27.7 Å². The van der Waals surface area contributed by atoms with Gasteiger partial charge in [0.2, 0.25) is 7.37 Å². The Hall–Kier alpha value is 1.08. The van der Waals surface area contributed by atoms with Crippen LogP contribution in [0.5, 0.6) is 0 Å². The normalized spacial score (nSPS) is 13.4. The fourth-order valence-electron chi connectivity index (χ4n) is 1.35. The van der Waals surface area contributed by atoms with Crippen molar-refractivity contribution in [3.8, 4) is 0 Å². The van der Waals surface area contributed by atoms with Crippen LogP contribution in [-0.4, -0.2) is 12.3 Å². The van der Waals surface area contributed by atoms with Crippen molar-refractivity contribution in [1.29, 1.82) is 0 Å². The van der Waals surface area contributed by atoms with Crippen molar-refractivity contribution in [2.75, 3.05) is 12.3 Å². The van der Waals surface area contributed by atoms with Crippen molar-refractivity contribution in [3.63, 3.8) is 0 Å². The summed E-state index contributed by atoms with van der Waals surface area (Å²) in [5.74, 6) is 0.669. The first kappa shape index (κ1) is 17.1. The van der Waals surface area contributed by atoms with E-state index in [4.69, 9.17) is 3.97 Å². The summed E-state index contributed by atoms with van der Waals surface area (Å²) < 4.78 is 32.5. The van der Waals surface area contributed by atoms with E-state index in [1.165, 1.54) is 0 Å². The third kappa shape index (κ3) is 9.15. The Labute approximate surface area is 107 Å². The van der Waals surface area contributed by atoms with Gasteiger partial charge in [-0.15, -0.1) is 0 Å². The minimum atomic E-state index is -2.60. The predicted octanol–water partition coefficient (Wildman–Crippen LogP) is 4.49. The molecule has 0 radical (unpaired) electrons. The van der Waals surface area contributed by atoms with Gasteiger partial charge in [0, 0.05) is 12.3 Å². The van der Waals surface area contributed by atoms with E-state index in [1.807, 2.05) is 27.7 Å². The minimum Gasteiger partial charge on any atom is -0.299 e. The molecule has 1 unspecified atom stereocenters. The zero-order valence-corrected chi connectivity index (χ0v) is 13.7. The van der Waals surface area contributed by atoms with Crippen LogP contribution in [-0.2, 0) is 17.1 Å². The van der Waals surface area contributed by atoms with Gasteiger partial charge in [0.15, 0.2) is 8.69 Å². The summed E-state index contributed by atoms with van der Waals surface area (Å²) in [7, 11) is -3.86. The first-order chi connectivity index (χ1) is 7.39. The molecule has 0 aromatic rings. The maximum Gasteiger partial charge on any atom is 0.216 e. The van der Waals surface area contributed by atoms with E-state index < -0.39 is 16.1 Å². The summed E-state index contributed by atoms with van der Waals surface area (Å²) >= 11 is 1.80. The highest BCUT2D eigenvalue weighted by molar-refractivity contribution is 8.73. The van der Waals surface area contributed by atoms with Gasteiger partial charge < -0.3 is 0 Å². The van der Waals surface area contributed by atoms with Gasteiger partial charge in [0.1, 0.15) is 0 Å². The van der Waals surface area contributed by atoms with Crippen LogP contribution < -0.4 is 0 Å². The van der Waals surface area contributed by atoms with Crippen molar-refractivity contribution in [3.05, 3.63) is 0 Å². The highest BCUT2D eigenvalue weighted by atomic mass is 33.1. The van der Waals surface area contributed by atoms with E-state index in [0.29, 0.717) is 24.2 Å². The molecule has 0 heterocycles. The largest absolute Gasteiger partial charge is 0.299 e. The molecule has 16 heavy (non-hydrogen) atoms. The summed E-state index contributed by atoms with van der Waals surface area (Å²) in [5, 5.41) is 0. The summed E-state index contributed by atoms with van der Waals surface area (Å²) in [5.41, 5.74) is 0. The maximum atomic E-state index is 12.4. The maximum absolute atomic E-state index is 12.4. The molecule has 0 aliphatic heterocycles. The summed E-state index contributed by atoms with van der Waals surface area (Å²) in [4.78, 5) is 0. The SMILES string of the molecule is CC(C)CP(=O)(CC(C)C)OSSO[PH2]=O. The van der Waals surface area contributed by atoms with Gasteiger partial charge in [-0.1, -0.05) is 27.7 Å². The minimum absolute atomic E-state index is 0.334. The lowest BCUT2D eigenvalue weighted by Crippen LogP contribution is -2.06. The zero-order chi connectivity index (χ0) is 12.6. The number of hydrogen-bond acceptors (Lipinski definition) is 6. The molecule has 98 valence electrons. The van der Waals surface area contributed by atoms with Crippen LogP contribution in [0.15, 0.2) is 0 Å². The van der Waals surface area contributed by atoms with Gasteiger partial charge in [-0.25, -0.2) is 7.94 Å². The van der Waals surface area contributed by atoms with Crippen molar-refractivity contribution < 1.29 is 17.1 Å². The fraction of sp³-hybridized carbons (Fsp3) is 1.00. The molecule has 0 bridgehead atoms. The number of hydrogen-bond donors (Lipinski definition) is 0. The molecule has 0 fully saturated rings. The van der Waals surface area contributed by atoms with Gasteiger partial charge >= 0.3 is 0 Å². The van der Waals surface area contributed by atoms with Crippen molar-refractivity contribution >= 4 is 38.2 Å². The molecule has 0 amide bonds. The van der Waals surface area contributed by atoms with Crippen molar-refractivity contribution in [1.82, 2.24) is 0 Å². The highest BCUT2D eigenvalue weighted by Gasteiger charge is 2.26. The van der Waals surface area contributed by atoms with Crippen LogP contribution in [0, 0.1) is 11.8 Å². The second-order valence-corrected chi connectivity index (χ2v) is 9.38. The van der Waals surface area contributed by atoms with Crippen molar-refractivity contribution in [2.24, 2.45) is 11.8 Å². The lowest BCUT2D eigenvalue weighted by molar-refractivity contribution is 0.492. The average molecular weight is 306 g/mol. The Kier molecular flexibility index (Phi) is 9.68. The predicted molar refractivity (Wildman–Crippen MR) is 74.8 cm³/mol. The smallest absolute Gasteiger partial charge is 0.216 e. The lowest BCUT2D eigenvalue weighted by Gasteiger charge is -2.20. The van der Waals surface area contributed by atoms with Gasteiger partial charge in [-0.05, 0) is 11.8 Å². The van der Waals surface area contributed by atoms with Crippen LogP contribution in [0.25, 0.3) is 0 Å². The van der Waals surface area contributed by atoms with E-state index in [9.17, 15) is 9.13 Å². The molecule has 0 aromatic carbocycles. The molecule has 0 saturated heterocycles. The quantitative estimate of drug-likeness (QED) is 0.271.